The van der Waals surface area contributed by atoms with Crippen molar-refractivity contribution >= 4 is 22.9 Å². The molecule has 1 aliphatic rings. The molecule has 2 aromatic heterocycles. The predicted molar refractivity (Wildman–Crippen MR) is 110 cm³/mol. The molecule has 1 N–H and O–H groups in total. The van der Waals surface area contributed by atoms with Gasteiger partial charge in [0.05, 0.1) is 24.2 Å². The summed E-state index contributed by atoms with van der Waals surface area (Å²) in [5, 5.41) is 7.42. The van der Waals surface area contributed by atoms with Crippen LogP contribution in [0.3, 0.4) is 0 Å². The maximum atomic E-state index is 13.0. The van der Waals surface area contributed by atoms with Gasteiger partial charge >= 0.3 is 0 Å². The lowest BCUT2D eigenvalue weighted by atomic mass is 10.2. The van der Waals surface area contributed by atoms with Gasteiger partial charge in [0.15, 0.2) is 5.69 Å². The molecule has 0 spiro atoms. The second kappa shape index (κ2) is 7.09. The first-order valence-electron chi connectivity index (χ1n) is 9.71. The first kappa shape index (κ1) is 17.5. The quantitative estimate of drug-likeness (QED) is 0.580. The number of carbonyl (C=O) groups is 1. The Morgan fingerprint density at radius 2 is 1.93 bits per heavy atom. The minimum atomic E-state index is -0.280. The van der Waals surface area contributed by atoms with Crippen LogP contribution in [0.25, 0.3) is 11.0 Å². The number of carbonyl (C=O) groups excluding carboxylic acids is 1. The molecule has 0 saturated carbocycles. The number of rotatable bonds is 4. The van der Waals surface area contributed by atoms with Gasteiger partial charge in [0, 0.05) is 18.5 Å². The van der Waals surface area contributed by atoms with Gasteiger partial charge in [-0.25, -0.2) is 9.67 Å². The van der Waals surface area contributed by atoms with E-state index >= 15 is 0 Å². The van der Waals surface area contributed by atoms with Gasteiger partial charge in [0.25, 0.3) is 5.91 Å². The molecule has 0 radical (unpaired) electrons. The van der Waals surface area contributed by atoms with Gasteiger partial charge in [-0.1, -0.05) is 42.5 Å². The zero-order valence-electron chi connectivity index (χ0n) is 16.1. The van der Waals surface area contributed by atoms with Crippen molar-refractivity contribution in [1.82, 2.24) is 19.3 Å². The molecule has 3 heterocycles. The Morgan fingerprint density at radius 3 is 2.76 bits per heavy atom. The summed E-state index contributed by atoms with van der Waals surface area (Å²) < 4.78 is 9.47. The van der Waals surface area contributed by atoms with Gasteiger partial charge < -0.3 is 9.30 Å². The number of anilines is 1. The molecule has 146 valence electrons. The van der Waals surface area contributed by atoms with Crippen molar-refractivity contribution in [2.45, 2.75) is 26.4 Å². The highest BCUT2D eigenvalue weighted by Crippen LogP contribution is 2.26. The lowest BCUT2D eigenvalue weighted by Crippen LogP contribution is -2.18. The summed E-state index contributed by atoms with van der Waals surface area (Å²) in [6, 6.07) is 18.0. The van der Waals surface area contributed by atoms with E-state index in [1.165, 1.54) is 0 Å². The number of hydrogen-bond donors (Lipinski definition) is 1. The molecular weight excluding hydrogens is 366 g/mol. The fourth-order valence-corrected chi connectivity index (χ4v) is 3.73. The summed E-state index contributed by atoms with van der Waals surface area (Å²) in [6.45, 7) is 3.89. The zero-order chi connectivity index (χ0) is 19.8. The molecular formula is C22H21N5O2. The SMILES string of the molecule is Cc1c(C(=O)Nc2nc3ccccc3n2Cc2ccccc2)nn2c1OCCC2. The molecule has 2 aromatic carbocycles. The van der Waals surface area contributed by atoms with Gasteiger partial charge in [0.1, 0.15) is 0 Å². The number of aryl methyl sites for hydroxylation is 1. The molecule has 0 aliphatic carbocycles. The van der Waals surface area contributed by atoms with Crippen molar-refractivity contribution in [2.24, 2.45) is 0 Å². The normalized spacial score (nSPS) is 13.1. The number of nitrogens with one attached hydrogen (secondary N) is 1. The Morgan fingerprint density at radius 1 is 1.14 bits per heavy atom. The average molecular weight is 387 g/mol. The van der Waals surface area contributed by atoms with Crippen LogP contribution in [0.15, 0.2) is 54.6 Å². The van der Waals surface area contributed by atoms with Crippen LogP contribution < -0.4 is 10.1 Å². The highest BCUT2D eigenvalue weighted by molar-refractivity contribution is 6.04. The Kier molecular flexibility index (Phi) is 4.27. The monoisotopic (exact) mass is 387 g/mol. The predicted octanol–water partition coefficient (Wildman–Crippen LogP) is 3.62. The van der Waals surface area contributed by atoms with E-state index < -0.39 is 0 Å². The molecule has 0 bridgehead atoms. The molecule has 0 unspecified atom stereocenters. The summed E-state index contributed by atoms with van der Waals surface area (Å²) in [6.07, 6.45) is 0.891. The van der Waals surface area contributed by atoms with Crippen LogP contribution in [0.1, 0.15) is 28.0 Å². The van der Waals surface area contributed by atoms with Crippen molar-refractivity contribution in [1.29, 1.82) is 0 Å². The minimum absolute atomic E-state index is 0.280. The van der Waals surface area contributed by atoms with E-state index in [1.54, 1.807) is 4.68 Å². The van der Waals surface area contributed by atoms with Crippen LogP contribution in [0.2, 0.25) is 0 Å². The van der Waals surface area contributed by atoms with E-state index in [9.17, 15) is 4.79 Å². The number of nitrogens with zero attached hydrogens (tertiary/aromatic N) is 4. The summed E-state index contributed by atoms with van der Waals surface area (Å²) in [4.78, 5) is 17.7. The number of benzene rings is 2. The molecule has 7 heteroatoms. The maximum Gasteiger partial charge on any atom is 0.278 e. The van der Waals surface area contributed by atoms with E-state index in [2.05, 4.69) is 27.5 Å². The summed E-state index contributed by atoms with van der Waals surface area (Å²) >= 11 is 0. The van der Waals surface area contributed by atoms with Crippen molar-refractivity contribution < 1.29 is 9.53 Å². The fraction of sp³-hybridized carbons (Fsp3) is 0.227. The van der Waals surface area contributed by atoms with E-state index in [1.807, 2.05) is 54.0 Å². The van der Waals surface area contributed by atoms with E-state index in [-0.39, 0.29) is 5.91 Å². The fourth-order valence-electron chi connectivity index (χ4n) is 3.73. The Hall–Kier alpha value is -3.61. The van der Waals surface area contributed by atoms with E-state index in [0.717, 1.165) is 35.1 Å². The number of para-hydroxylation sites is 2. The Labute approximate surface area is 167 Å². The van der Waals surface area contributed by atoms with Gasteiger partial charge in [-0.3, -0.25) is 10.1 Å². The molecule has 5 rings (SSSR count). The van der Waals surface area contributed by atoms with Crippen molar-refractivity contribution in [3.05, 3.63) is 71.4 Å². The van der Waals surface area contributed by atoms with Crippen LogP contribution >= 0.6 is 0 Å². The average Bonchev–Trinajstić information content (AvgIpc) is 3.27. The molecule has 0 fully saturated rings. The van der Waals surface area contributed by atoms with Crippen molar-refractivity contribution in [2.75, 3.05) is 11.9 Å². The first-order valence-corrected chi connectivity index (χ1v) is 9.71. The second-order valence-corrected chi connectivity index (χ2v) is 7.15. The lowest BCUT2D eigenvalue weighted by Gasteiger charge is -2.14. The number of hydrogen-bond acceptors (Lipinski definition) is 4. The second-order valence-electron chi connectivity index (χ2n) is 7.15. The van der Waals surface area contributed by atoms with Crippen molar-refractivity contribution in [3.8, 4) is 5.88 Å². The third-order valence-electron chi connectivity index (χ3n) is 5.16. The molecule has 4 aromatic rings. The number of imidazole rings is 1. The van der Waals surface area contributed by atoms with Crippen LogP contribution in [0.4, 0.5) is 5.95 Å². The number of amides is 1. The molecule has 1 aliphatic heterocycles. The largest absolute Gasteiger partial charge is 0.478 e. The summed E-state index contributed by atoms with van der Waals surface area (Å²) in [7, 11) is 0. The first-order chi connectivity index (χ1) is 14.2. The Bertz CT molecular complexity index is 1190. The van der Waals surface area contributed by atoms with E-state index in [4.69, 9.17) is 4.74 Å². The van der Waals surface area contributed by atoms with E-state index in [0.29, 0.717) is 30.7 Å². The Balaban J connectivity index is 1.51. The minimum Gasteiger partial charge on any atom is -0.478 e. The lowest BCUT2D eigenvalue weighted by molar-refractivity contribution is 0.101. The third kappa shape index (κ3) is 3.14. The zero-order valence-corrected chi connectivity index (χ0v) is 16.1. The maximum absolute atomic E-state index is 13.0. The van der Waals surface area contributed by atoms with Crippen molar-refractivity contribution in [3.63, 3.8) is 0 Å². The highest BCUT2D eigenvalue weighted by Gasteiger charge is 2.24. The van der Waals surface area contributed by atoms with Gasteiger partial charge in [-0.2, -0.15) is 5.10 Å². The van der Waals surface area contributed by atoms with Gasteiger partial charge in [-0.15, -0.1) is 0 Å². The van der Waals surface area contributed by atoms with Gasteiger partial charge in [0.2, 0.25) is 11.8 Å². The number of ether oxygens (including phenoxy) is 1. The smallest absolute Gasteiger partial charge is 0.278 e. The summed E-state index contributed by atoms with van der Waals surface area (Å²) in [5.41, 5.74) is 4.07. The standard InChI is InChI=1S/C22H21N5O2/c1-15-19(25-27-12-7-13-29-21(15)27)20(28)24-22-23-17-10-5-6-11-18(17)26(22)14-16-8-3-2-4-9-16/h2-6,8-11H,7,12-14H2,1H3,(H,23,24,28). The van der Waals surface area contributed by atoms with Crippen LogP contribution in [0.5, 0.6) is 5.88 Å². The number of aromatic nitrogens is 4. The van der Waals surface area contributed by atoms with Crippen LogP contribution in [-0.2, 0) is 13.1 Å². The summed E-state index contributed by atoms with van der Waals surface area (Å²) in [5.74, 6) is 0.906. The topological polar surface area (TPSA) is 74.0 Å². The molecule has 0 atom stereocenters. The third-order valence-corrected chi connectivity index (χ3v) is 5.16. The molecule has 1 amide bonds. The molecule has 29 heavy (non-hydrogen) atoms. The van der Waals surface area contributed by atoms with Crippen LogP contribution in [-0.4, -0.2) is 31.8 Å². The molecule has 0 saturated heterocycles. The van der Waals surface area contributed by atoms with Crippen LogP contribution in [0, 0.1) is 6.92 Å². The molecule has 7 nitrogen and oxygen atoms in total. The van der Waals surface area contributed by atoms with Gasteiger partial charge in [-0.05, 0) is 24.6 Å². The number of fused-ring (bicyclic) bond motifs is 2. The highest BCUT2D eigenvalue weighted by atomic mass is 16.5.